The van der Waals surface area contributed by atoms with Crippen molar-refractivity contribution in [3.63, 3.8) is 0 Å². The van der Waals surface area contributed by atoms with E-state index in [9.17, 15) is 22.8 Å². The second kappa shape index (κ2) is 8.47. The molecule has 2 aromatic carbocycles. The molecule has 6 nitrogen and oxygen atoms in total. The monoisotopic (exact) mass is 428 g/mol. The molecule has 0 fully saturated rings. The van der Waals surface area contributed by atoms with E-state index in [1.54, 1.807) is 24.3 Å². The summed E-state index contributed by atoms with van der Waals surface area (Å²) in [5, 5.41) is 3.88. The first-order chi connectivity index (χ1) is 14.6. The number of hydrazone groups is 1. The van der Waals surface area contributed by atoms with Crippen molar-refractivity contribution < 1.29 is 22.8 Å². The first-order valence-electron chi connectivity index (χ1n) is 9.18. The third-order valence-corrected chi connectivity index (χ3v) is 4.70. The van der Waals surface area contributed by atoms with Gasteiger partial charge in [0.05, 0.1) is 11.8 Å². The van der Waals surface area contributed by atoms with Crippen molar-refractivity contribution in [2.45, 2.75) is 20.0 Å². The number of carbonyl (C=O) groups excluding carboxylic acids is 2. The molecule has 0 atom stereocenters. The van der Waals surface area contributed by atoms with Gasteiger partial charge in [-0.05, 0) is 62.4 Å². The fourth-order valence-corrected chi connectivity index (χ4v) is 3.15. The van der Waals surface area contributed by atoms with E-state index in [4.69, 9.17) is 5.73 Å². The number of aromatic nitrogens is 1. The molecule has 31 heavy (non-hydrogen) atoms. The number of carbonyl (C=O) groups is 2. The van der Waals surface area contributed by atoms with E-state index in [0.717, 1.165) is 29.2 Å². The van der Waals surface area contributed by atoms with Gasteiger partial charge in [-0.25, -0.2) is 5.43 Å². The number of halogens is 3. The molecule has 2 amide bonds. The van der Waals surface area contributed by atoms with Crippen molar-refractivity contribution in [1.82, 2.24) is 9.99 Å². The van der Waals surface area contributed by atoms with Crippen LogP contribution in [-0.2, 0) is 6.18 Å². The van der Waals surface area contributed by atoms with E-state index in [2.05, 4.69) is 10.5 Å². The summed E-state index contributed by atoms with van der Waals surface area (Å²) in [5.74, 6) is -1.27. The highest BCUT2D eigenvalue weighted by atomic mass is 19.4. The van der Waals surface area contributed by atoms with Gasteiger partial charge < -0.3 is 10.3 Å². The van der Waals surface area contributed by atoms with Crippen LogP contribution in [-0.4, -0.2) is 22.6 Å². The van der Waals surface area contributed by atoms with Gasteiger partial charge in [-0.1, -0.05) is 6.07 Å². The van der Waals surface area contributed by atoms with E-state index >= 15 is 0 Å². The fourth-order valence-electron chi connectivity index (χ4n) is 3.15. The highest BCUT2D eigenvalue weighted by molar-refractivity contribution is 5.95. The lowest BCUT2D eigenvalue weighted by Gasteiger charge is -2.10. The van der Waals surface area contributed by atoms with Crippen LogP contribution in [0, 0.1) is 13.8 Å². The molecular formula is C22H19F3N4O2. The number of amides is 2. The molecule has 0 aliphatic heterocycles. The van der Waals surface area contributed by atoms with Gasteiger partial charge in [0.15, 0.2) is 0 Å². The number of hydrogen-bond donors (Lipinski definition) is 2. The second-order valence-corrected chi connectivity index (χ2v) is 6.85. The van der Waals surface area contributed by atoms with Crippen molar-refractivity contribution in [1.29, 1.82) is 0 Å². The van der Waals surface area contributed by atoms with Crippen molar-refractivity contribution in [2.24, 2.45) is 10.8 Å². The minimum absolute atomic E-state index is 0.146. The lowest BCUT2D eigenvalue weighted by molar-refractivity contribution is -0.137. The fraction of sp³-hybridized carbons (Fsp3) is 0.136. The Labute approximate surface area is 176 Å². The molecule has 0 saturated carbocycles. The maximum atomic E-state index is 12.8. The van der Waals surface area contributed by atoms with E-state index in [0.29, 0.717) is 11.1 Å². The zero-order valence-electron chi connectivity index (χ0n) is 16.7. The van der Waals surface area contributed by atoms with E-state index in [-0.39, 0.29) is 5.56 Å². The van der Waals surface area contributed by atoms with Crippen LogP contribution in [0.15, 0.2) is 59.7 Å². The summed E-state index contributed by atoms with van der Waals surface area (Å²) in [6.45, 7) is 3.73. The molecule has 0 unspecified atom stereocenters. The van der Waals surface area contributed by atoms with Gasteiger partial charge in [0.2, 0.25) is 5.91 Å². The second-order valence-electron chi connectivity index (χ2n) is 6.85. The summed E-state index contributed by atoms with van der Waals surface area (Å²) in [4.78, 5) is 23.4. The minimum atomic E-state index is -4.53. The first-order valence-corrected chi connectivity index (χ1v) is 9.18. The first kappa shape index (κ1) is 21.8. The van der Waals surface area contributed by atoms with E-state index < -0.39 is 23.6 Å². The quantitative estimate of drug-likeness (QED) is 0.476. The summed E-state index contributed by atoms with van der Waals surface area (Å²) in [5.41, 5.74) is 10.1. The molecular weight excluding hydrogens is 409 g/mol. The molecule has 0 aliphatic rings. The third kappa shape index (κ3) is 4.82. The molecule has 160 valence electrons. The predicted molar refractivity (Wildman–Crippen MR) is 110 cm³/mol. The van der Waals surface area contributed by atoms with Crippen LogP contribution in [0.1, 0.15) is 43.2 Å². The van der Waals surface area contributed by atoms with Gasteiger partial charge in [0.25, 0.3) is 5.91 Å². The summed E-state index contributed by atoms with van der Waals surface area (Å²) in [7, 11) is 0. The third-order valence-electron chi connectivity index (χ3n) is 4.70. The molecule has 0 aliphatic carbocycles. The van der Waals surface area contributed by atoms with Crippen LogP contribution < -0.4 is 11.2 Å². The number of aryl methyl sites for hydroxylation is 1. The van der Waals surface area contributed by atoms with Gasteiger partial charge in [0, 0.05) is 33.8 Å². The Balaban J connectivity index is 1.77. The number of nitrogens with zero attached hydrogens (tertiary/aromatic N) is 2. The normalized spacial score (nSPS) is 11.6. The predicted octanol–water partition coefficient (Wildman–Crippen LogP) is 3.98. The molecule has 1 aromatic heterocycles. The van der Waals surface area contributed by atoms with E-state index in [1.807, 2.05) is 24.5 Å². The van der Waals surface area contributed by atoms with Crippen LogP contribution in [0.4, 0.5) is 13.2 Å². The van der Waals surface area contributed by atoms with Gasteiger partial charge in [0.1, 0.15) is 0 Å². The Kier molecular flexibility index (Phi) is 5.96. The van der Waals surface area contributed by atoms with Crippen LogP contribution >= 0.6 is 0 Å². The zero-order valence-corrected chi connectivity index (χ0v) is 16.7. The van der Waals surface area contributed by atoms with Crippen LogP contribution in [0.2, 0.25) is 0 Å². The Morgan fingerprint density at radius 3 is 2.32 bits per heavy atom. The van der Waals surface area contributed by atoms with Gasteiger partial charge in [-0.15, -0.1) is 0 Å². The van der Waals surface area contributed by atoms with Crippen LogP contribution in [0.5, 0.6) is 0 Å². The molecule has 0 bridgehead atoms. The maximum Gasteiger partial charge on any atom is 0.416 e. The Hall–Kier alpha value is -3.88. The molecule has 3 rings (SSSR count). The lowest BCUT2D eigenvalue weighted by atomic mass is 10.1. The average molecular weight is 428 g/mol. The molecule has 3 aromatic rings. The van der Waals surface area contributed by atoms with Crippen LogP contribution in [0.3, 0.4) is 0 Å². The molecule has 0 saturated heterocycles. The van der Waals surface area contributed by atoms with Crippen LogP contribution in [0.25, 0.3) is 5.69 Å². The number of alkyl halides is 3. The number of benzene rings is 2. The number of nitrogens with one attached hydrogen (secondary N) is 1. The van der Waals surface area contributed by atoms with Crippen molar-refractivity contribution in [3.8, 4) is 5.69 Å². The summed E-state index contributed by atoms with van der Waals surface area (Å²) >= 11 is 0. The molecule has 0 radical (unpaired) electrons. The molecule has 9 heteroatoms. The summed E-state index contributed by atoms with van der Waals surface area (Å²) < 4.78 is 40.3. The molecule has 3 N–H and O–H groups in total. The smallest absolute Gasteiger partial charge is 0.366 e. The largest absolute Gasteiger partial charge is 0.416 e. The average Bonchev–Trinajstić information content (AvgIpc) is 3.00. The summed E-state index contributed by atoms with van der Waals surface area (Å²) in [6, 6.07) is 12.7. The van der Waals surface area contributed by atoms with Crippen molar-refractivity contribution in [2.75, 3.05) is 0 Å². The number of rotatable bonds is 5. The topological polar surface area (TPSA) is 89.5 Å². The van der Waals surface area contributed by atoms with E-state index in [1.165, 1.54) is 18.3 Å². The highest BCUT2D eigenvalue weighted by Crippen LogP contribution is 2.29. The summed E-state index contributed by atoms with van der Waals surface area (Å²) in [6.07, 6.45) is -3.12. The SMILES string of the molecule is Cc1cc(/C=N\NC(=O)c2cccc(C(F)(F)F)c2)c(C)n1-c1ccc(C(N)=O)cc1. The van der Waals surface area contributed by atoms with Gasteiger partial charge >= 0.3 is 6.18 Å². The lowest BCUT2D eigenvalue weighted by Crippen LogP contribution is -2.18. The number of primary amides is 1. The number of nitrogens with two attached hydrogens (primary N) is 1. The zero-order chi connectivity index (χ0) is 22.8. The standard InChI is InChI=1S/C22H19F3N4O2/c1-13-10-17(14(2)29(13)19-8-6-15(7-9-19)20(26)30)12-27-28-21(31)16-4-3-5-18(11-16)22(23,24)25/h3-12H,1-2H3,(H2,26,30)(H,28,31)/b27-12-. The van der Waals surface area contributed by atoms with Gasteiger partial charge in [-0.3, -0.25) is 9.59 Å². The molecule has 0 spiro atoms. The molecule has 1 heterocycles. The maximum absolute atomic E-state index is 12.8. The van der Waals surface area contributed by atoms with Crippen molar-refractivity contribution >= 4 is 18.0 Å². The Morgan fingerprint density at radius 1 is 1.03 bits per heavy atom. The number of hydrogen-bond acceptors (Lipinski definition) is 3. The highest BCUT2D eigenvalue weighted by Gasteiger charge is 2.30. The Bertz CT molecular complexity index is 1160. The minimum Gasteiger partial charge on any atom is -0.366 e. The van der Waals surface area contributed by atoms with Crippen molar-refractivity contribution in [3.05, 3.63) is 88.2 Å². The van der Waals surface area contributed by atoms with Gasteiger partial charge in [-0.2, -0.15) is 18.3 Å². The Morgan fingerprint density at radius 2 is 1.71 bits per heavy atom.